The molecule has 3 aromatic rings. The van der Waals surface area contributed by atoms with E-state index in [1.165, 1.54) is 18.0 Å². The first-order valence-corrected chi connectivity index (χ1v) is 14.5. The normalized spacial score (nSPS) is 32.1. The van der Waals surface area contributed by atoms with E-state index < -0.39 is 45.2 Å². The predicted molar refractivity (Wildman–Crippen MR) is 160 cm³/mol. The summed E-state index contributed by atoms with van der Waals surface area (Å²) in [5, 5.41) is 12.8. The highest BCUT2D eigenvalue weighted by atomic mass is 35.5. The van der Waals surface area contributed by atoms with Crippen LogP contribution in [0.2, 0.25) is 0 Å². The van der Waals surface area contributed by atoms with Crippen LogP contribution in [0.5, 0.6) is 5.75 Å². The molecule has 0 spiro atoms. The van der Waals surface area contributed by atoms with Crippen molar-refractivity contribution < 1.29 is 24.3 Å². The summed E-state index contributed by atoms with van der Waals surface area (Å²) in [5.41, 5.74) is 2.30. The molecule has 1 saturated carbocycles. The number of carbonyl (C=O) groups is 4. The summed E-state index contributed by atoms with van der Waals surface area (Å²) >= 11 is 14.6. The number of hydrogen-bond acceptors (Lipinski definition) is 5. The van der Waals surface area contributed by atoms with Crippen molar-refractivity contribution in [2.75, 3.05) is 11.9 Å². The van der Waals surface area contributed by atoms with Crippen LogP contribution in [0.15, 0.2) is 78.9 Å². The van der Waals surface area contributed by atoms with Gasteiger partial charge in [0.2, 0.25) is 11.8 Å². The van der Waals surface area contributed by atoms with Crippen LogP contribution in [0.1, 0.15) is 29.9 Å². The number of halogens is 2. The van der Waals surface area contributed by atoms with Crippen LogP contribution >= 0.6 is 23.2 Å². The van der Waals surface area contributed by atoms with Gasteiger partial charge in [-0.05, 0) is 53.3 Å². The Morgan fingerprint density at radius 3 is 2.36 bits per heavy atom. The zero-order valence-corrected chi connectivity index (χ0v) is 24.1. The number of imide groups is 2. The number of likely N-dealkylation sites (tertiary alicyclic amines) is 1. The molecule has 0 unspecified atom stereocenters. The summed E-state index contributed by atoms with van der Waals surface area (Å²) in [7, 11) is 1.34. The van der Waals surface area contributed by atoms with E-state index >= 15 is 0 Å². The Hall–Kier alpha value is -3.94. The SMILES string of the molecule is C=Cc1ccc(N2C(=O)[C@H]3[C@H](CC=C4[C@H]3C[C@@]3(Cl)C(=O)N(C)C(=O)[C@@]3(Cl)[C@H]4c3c(O)ccc4ccccc34)C2=O)cc1. The van der Waals surface area contributed by atoms with Crippen LogP contribution < -0.4 is 4.90 Å². The minimum atomic E-state index is -1.97. The molecule has 6 atom stereocenters. The molecule has 1 N–H and O–H groups in total. The lowest BCUT2D eigenvalue weighted by atomic mass is 9.56. The lowest BCUT2D eigenvalue weighted by Crippen LogP contribution is -2.60. The van der Waals surface area contributed by atoms with Crippen molar-refractivity contribution in [3.8, 4) is 5.75 Å². The van der Waals surface area contributed by atoms with Crippen LogP contribution in [0.25, 0.3) is 16.8 Å². The second kappa shape index (κ2) is 9.03. The second-order valence-electron chi connectivity index (χ2n) is 11.5. The molecule has 0 bridgehead atoms. The second-order valence-corrected chi connectivity index (χ2v) is 12.8. The number of benzene rings is 3. The number of allylic oxidation sites excluding steroid dienone is 2. The fourth-order valence-electron chi connectivity index (χ4n) is 7.66. The van der Waals surface area contributed by atoms with Crippen LogP contribution in [0.3, 0.4) is 0 Å². The lowest BCUT2D eigenvalue weighted by Gasteiger charge is -2.51. The number of hydrogen-bond donors (Lipinski definition) is 1. The minimum Gasteiger partial charge on any atom is -0.508 e. The standard InChI is InChI=1S/C33H26Cl2N2O5/c1-3-17-8-11-19(12-9-17)37-28(39)22-14-13-21-23(25(22)29(37)40)16-32(34)30(41)36(2)31(42)33(32,35)27(21)26-20-7-5-4-6-18(20)10-15-24(26)38/h3-13,15,22-23,25,27,38H,1,14,16H2,2H3/t22-,23+,25-,27+,32+,33-/m0/s1. The van der Waals surface area contributed by atoms with Crippen molar-refractivity contribution in [3.05, 3.63) is 90.0 Å². The zero-order chi connectivity index (χ0) is 29.7. The monoisotopic (exact) mass is 600 g/mol. The van der Waals surface area contributed by atoms with Gasteiger partial charge in [-0.1, -0.05) is 66.8 Å². The highest BCUT2D eigenvalue weighted by Gasteiger charge is 2.76. The first-order chi connectivity index (χ1) is 20.0. The van der Waals surface area contributed by atoms with Crippen molar-refractivity contribution in [2.45, 2.75) is 28.5 Å². The van der Waals surface area contributed by atoms with Crippen molar-refractivity contribution >= 4 is 69.4 Å². The molecule has 212 valence electrons. The number of carbonyl (C=O) groups excluding carboxylic acids is 4. The summed E-state index contributed by atoms with van der Waals surface area (Å²) in [6.07, 6.45) is 3.67. The molecule has 7 rings (SSSR count). The van der Waals surface area contributed by atoms with Gasteiger partial charge in [-0.3, -0.25) is 29.0 Å². The van der Waals surface area contributed by atoms with E-state index in [1.54, 1.807) is 36.4 Å². The number of rotatable bonds is 3. The summed E-state index contributed by atoms with van der Waals surface area (Å²) < 4.78 is 0. The number of anilines is 1. The fraction of sp³-hybridized carbons (Fsp3) is 0.273. The molecule has 2 aliphatic carbocycles. The number of fused-ring (bicyclic) bond motifs is 5. The first kappa shape index (κ1) is 26.9. The van der Waals surface area contributed by atoms with Gasteiger partial charge >= 0.3 is 0 Å². The molecule has 2 heterocycles. The third-order valence-electron chi connectivity index (χ3n) is 9.64. The van der Waals surface area contributed by atoms with Crippen LogP contribution in [0, 0.1) is 17.8 Å². The average molecular weight is 601 g/mol. The van der Waals surface area contributed by atoms with E-state index in [0.717, 1.165) is 15.8 Å². The third-order valence-corrected chi connectivity index (χ3v) is 11.1. The number of phenolic OH excluding ortho intramolecular Hbond substituents is 1. The van der Waals surface area contributed by atoms with E-state index in [1.807, 2.05) is 30.3 Å². The Morgan fingerprint density at radius 2 is 1.64 bits per heavy atom. The molecule has 3 aromatic carbocycles. The Bertz CT molecular complexity index is 1780. The van der Waals surface area contributed by atoms with Crippen LogP contribution in [0.4, 0.5) is 5.69 Å². The molecule has 3 fully saturated rings. The van der Waals surface area contributed by atoms with Crippen molar-refractivity contribution in [3.63, 3.8) is 0 Å². The van der Waals surface area contributed by atoms with Gasteiger partial charge in [0.05, 0.1) is 17.5 Å². The van der Waals surface area contributed by atoms with Crippen LogP contribution in [-0.2, 0) is 19.2 Å². The van der Waals surface area contributed by atoms with Crippen molar-refractivity contribution in [1.29, 1.82) is 0 Å². The molecule has 2 saturated heterocycles. The summed E-state index contributed by atoms with van der Waals surface area (Å²) in [6.45, 7) is 3.75. The van der Waals surface area contributed by atoms with Gasteiger partial charge in [0.15, 0.2) is 9.75 Å². The molecular formula is C33H26Cl2N2O5. The highest BCUT2D eigenvalue weighted by molar-refractivity contribution is 6.53. The quantitative estimate of drug-likeness (QED) is 0.247. The topological polar surface area (TPSA) is 95.0 Å². The number of nitrogens with zero attached hydrogens (tertiary/aromatic N) is 2. The van der Waals surface area contributed by atoms with E-state index in [9.17, 15) is 24.3 Å². The molecule has 0 aromatic heterocycles. The first-order valence-electron chi connectivity index (χ1n) is 13.8. The zero-order valence-electron chi connectivity index (χ0n) is 22.6. The molecule has 4 amide bonds. The number of alkyl halides is 2. The summed E-state index contributed by atoms with van der Waals surface area (Å²) in [5.74, 6) is -5.34. The molecule has 42 heavy (non-hydrogen) atoms. The van der Waals surface area contributed by atoms with Gasteiger partial charge in [-0.2, -0.15) is 0 Å². The summed E-state index contributed by atoms with van der Waals surface area (Å²) in [6, 6.07) is 17.6. The molecule has 0 radical (unpaired) electrons. The van der Waals surface area contributed by atoms with Gasteiger partial charge < -0.3 is 5.11 Å². The van der Waals surface area contributed by atoms with Gasteiger partial charge in [0.1, 0.15) is 5.75 Å². The largest absolute Gasteiger partial charge is 0.508 e. The lowest BCUT2D eigenvalue weighted by molar-refractivity contribution is -0.138. The van der Waals surface area contributed by atoms with Gasteiger partial charge in [0.25, 0.3) is 11.8 Å². The maximum Gasteiger partial charge on any atom is 0.253 e. The van der Waals surface area contributed by atoms with Gasteiger partial charge in [-0.15, -0.1) is 23.2 Å². The maximum absolute atomic E-state index is 14.1. The Labute approximate surface area is 252 Å². The molecule has 9 heteroatoms. The molecule has 2 aliphatic heterocycles. The van der Waals surface area contributed by atoms with Crippen molar-refractivity contribution in [1.82, 2.24) is 4.90 Å². The summed E-state index contributed by atoms with van der Waals surface area (Å²) in [4.78, 5) is 53.7. The third kappa shape index (κ3) is 3.23. The molecule has 7 nitrogen and oxygen atoms in total. The minimum absolute atomic E-state index is 0.103. The van der Waals surface area contributed by atoms with Gasteiger partial charge in [0, 0.05) is 18.5 Å². The highest BCUT2D eigenvalue weighted by Crippen LogP contribution is 2.66. The van der Waals surface area contributed by atoms with Crippen molar-refractivity contribution in [2.24, 2.45) is 17.8 Å². The fourth-order valence-corrected chi connectivity index (χ4v) is 8.67. The average Bonchev–Trinajstić information content (AvgIpc) is 3.32. The molecular weight excluding hydrogens is 575 g/mol. The number of amides is 4. The predicted octanol–water partition coefficient (Wildman–Crippen LogP) is 5.38. The smallest absolute Gasteiger partial charge is 0.253 e. The van der Waals surface area contributed by atoms with E-state index in [4.69, 9.17) is 23.2 Å². The number of phenols is 1. The number of aromatic hydroxyl groups is 1. The Balaban J connectivity index is 1.43. The van der Waals surface area contributed by atoms with Crippen LogP contribution in [-0.4, -0.2) is 50.4 Å². The molecule has 4 aliphatic rings. The van der Waals surface area contributed by atoms with E-state index in [2.05, 4.69) is 6.58 Å². The van der Waals surface area contributed by atoms with E-state index in [0.29, 0.717) is 22.2 Å². The Kier molecular flexibility index (Phi) is 5.79. The van der Waals surface area contributed by atoms with E-state index in [-0.39, 0.29) is 30.4 Å². The Morgan fingerprint density at radius 1 is 0.929 bits per heavy atom. The van der Waals surface area contributed by atoms with Gasteiger partial charge in [-0.25, -0.2) is 0 Å². The maximum atomic E-state index is 14.1.